The van der Waals surface area contributed by atoms with Crippen LogP contribution in [0.3, 0.4) is 0 Å². The summed E-state index contributed by atoms with van der Waals surface area (Å²) in [7, 11) is 1.44. The van der Waals surface area contributed by atoms with Crippen LogP contribution in [-0.4, -0.2) is 42.4 Å². The van der Waals surface area contributed by atoms with E-state index in [1.165, 1.54) is 7.05 Å². The van der Waals surface area contributed by atoms with Crippen LogP contribution in [0, 0.1) is 5.41 Å². The first-order valence-corrected chi connectivity index (χ1v) is 7.54. The summed E-state index contributed by atoms with van der Waals surface area (Å²) in [5.74, 6) is -0.834. The normalized spacial score (nSPS) is 30.4. The van der Waals surface area contributed by atoms with Crippen molar-refractivity contribution in [2.45, 2.75) is 25.3 Å². The lowest BCUT2D eigenvalue weighted by atomic mass is 9.68. The second kappa shape index (κ2) is 4.32. The predicted molar refractivity (Wildman–Crippen MR) is 79.3 cm³/mol. The molecular weight excluding hydrogens is 282 g/mol. The number of carbonyl (C=O) groups is 3. The summed E-state index contributed by atoms with van der Waals surface area (Å²) < 4.78 is 0. The molecule has 4 rings (SSSR count). The van der Waals surface area contributed by atoms with Gasteiger partial charge in [0.25, 0.3) is 0 Å². The van der Waals surface area contributed by atoms with Gasteiger partial charge in [0.15, 0.2) is 5.41 Å². The molecule has 0 radical (unpaired) electrons. The van der Waals surface area contributed by atoms with E-state index in [4.69, 9.17) is 0 Å². The number of hydrogen-bond donors (Lipinski definition) is 1. The van der Waals surface area contributed by atoms with Crippen molar-refractivity contribution < 1.29 is 14.4 Å². The Kier molecular flexibility index (Phi) is 2.61. The SMILES string of the molecule is CN1C(=O)NC(=O)[C@]2(Cc3ccccc3N3CCC[C@@H]32)C1=O. The number of fused-ring (bicyclic) bond motifs is 4. The zero-order valence-electron chi connectivity index (χ0n) is 12.3. The van der Waals surface area contributed by atoms with Gasteiger partial charge in [-0.3, -0.25) is 19.8 Å². The minimum atomic E-state index is -1.19. The minimum Gasteiger partial charge on any atom is -0.367 e. The second-order valence-corrected chi connectivity index (χ2v) is 6.25. The number of imide groups is 2. The molecule has 0 aromatic heterocycles. The van der Waals surface area contributed by atoms with E-state index < -0.39 is 17.4 Å². The van der Waals surface area contributed by atoms with E-state index in [0.717, 1.165) is 35.5 Å². The number of amides is 4. The topological polar surface area (TPSA) is 69.7 Å². The fourth-order valence-electron chi connectivity index (χ4n) is 4.16. The van der Waals surface area contributed by atoms with Gasteiger partial charge < -0.3 is 4.90 Å². The molecule has 1 spiro atoms. The van der Waals surface area contributed by atoms with Crippen LogP contribution in [0.5, 0.6) is 0 Å². The van der Waals surface area contributed by atoms with Gasteiger partial charge in [0.2, 0.25) is 11.8 Å². The van der Waals surface area contributed by atoms with Gasteiger partial charge in [0.05, 0.1) is 6.04 Å². The lowest BCUT2D eigenvalue weighted by molar-refractivity contribution is -0.152. The number of rotatable bonds is 0. The van der Waals surface area contributed by atoms with Crippen molar-refractivity contribution in [1.29, 1.82) is 0 Å². The Labute approximate surface area is 128 Å². The Hall–Kier alpha value is -2.37. The summed E-state index contributed by atoms with van der Waals surface area (Å²) in [6.07, 6.45) is 2.08. The lowest BCUT2D eigenvalue weighted by Gasteiger charge is -2.48. The number of anilines is 1. The van der Waals surface area contributed by atoms with Crippen molar-refractivity contribution in [3.05, 3.63) is 29.8 Å². The third-order valence-corrected chi connectivity index (χ3v) is 5.21. The van der Waals surface area contributed by atoms with Gasteiger partial charge in [-0.05, 0) is 30.9 Å². The average Bonchev–Trinajstić information content (AvgIpc) is 3.01. The molecule has 3 aliphatic rings. The molecule has 22 heavy (non-hydrogen) atoms. The van der Waals surface area contributed by atoms with Crippen molar-refractivity contribution in [2.24, 2.45) is 5.41 Å². The summed E-state index contributed by atoms with van der Waals surface area (Å²) in [6, 6.07) is 7.09. The molecule has 3 aliphatic heterocycles. The van der Waals surface area contributed by atoms with Gasteiger partial charge in [-0.15, -0.1) is 0 Å². The molecule has 6 heteroatoms. The highest BCUT2D eigenvalue weighted by Crippen LogP contribution is 2.47. The third kappa shape index (κ3) is 1.47. The van der Waals surface area contributed by atoms with Crippen LogP contribution in [0.1, 0.15) is 18.4 Å². The molecule has 2 atom stereocenters. The van der Waals surface area contributed by atoms with E-state index in [-0.39, 0.29) is 11.9 Å². The van der Waals surface area contributed by atoms with E-state index in [1.54, 1.807) is 0 Å². The predicted octanol–water partition coefficient (Wildman–Crippen LogP) is 0.906. The molecule has 6 nitrogen and oxygen atoms in total. The molecule has 2 fully saturated rings. The highest BCUT2D eigenvalue weighted by atomic mass is 16.2. The Bertz CT molecular complexity index is 702. The first-order chi connectivity index (χ1) is 10.6. The first kappa shape index (κ1) is 13.3. The van der Waals surface area contributed by atoms with Gasteiger partial charge >= 0.3 is 6.03 Å². The Morgan fingerprint density at radius 3 is 2.82 bits per heavy atom. The van der Waals surface area contributed by atoms with Crippen molar-refractivity contribution in [3.8, 4) is 0 Å². The number of para-hydroxylation sites is 1. The monoisotopic (exact) mass is 299 g/mol. The Balaban J connectivity index is 1.90. The number of hydrogen-bond acceptors (Lipinski definition) is 4. The molecule has 2 saturated heterocycles. The van der Waals surface area contributed by atoms with Crippen LogP contribution >= 0.6 is 0 Å². The average molecular weight is 299 g/mol. The zero-order chi connectivity index (χ0) is 15.5. The quantitative estimate of drug-likeness (QED) is 0.723. The second-order valence-electron chi connectivity index (χ2n) is 6.25. The van der Waals surface area contributed by atoms with Crippen LogP contribution in [0.2, 0.25) is 0 Å². The molecule has 0 aliphatic carbocycles. The van der Waals surface area contributed by atoms with Gasteiger partial charge in [-0.2, -0.15) is 0 Å². The van der Waals surface area contributed by atoms with E-state index >= 15 is 0 Å². The van der Waals surface area contributed by atoms with Crippen LogP contribution in [0.25, 0.3) is 0 Å². The van der Waals surface area contributed by atoms with Crippen molar-refractivity contribution in [3.63, 3.8) is 0 Å². The van der Waals surface area contributed by atoms with Crippen LogP contribution in [0.15, 0.2) is 24.3 Å². The van der Waals surface area contributed by atoms with Gasteiger partial charge in [0.1, 0.15) is 0 Å². The maximum absolute atomic E-state index is 12.9. The molecule has 0 bridgehead atoms. The molecule has 1 aromatic rings. The highest BCUT2D eigenvalue weighted by Gasteiger charge is 2.62. The van der Waals surface area contributed by atoms with Crippen molar-refractivity contribution >= 4 is 23.5 Å². The number of urea groups is 1. The fourth-order valence-corrected chi connectivity index (χ4v) is 4.16. The maximum Gasteiger partial charge on any atom is 0.330 e. The van der Waals surface area contributed by atoms with Crippen LogP contribution in [-0.2, 0) is 16.0 Å². The largest absolute Gasteiger partial charge is 0.367 e. The summed E-state index contributed by atoms with van der Waals surface area (Å²) in [6.45, 7) is 0.835. The van der Waals surface area contributed by atoms with Gasteiger partial charge in [-0.1, -0.05) is 18.2 Å². The molecular formula is C16H17N3O3. The Morgan fingerprint density at radius 2 is 2.00 bits per heavy atom. The summed E-state index contributed by atoms with van der Waals surface area (Å²) in [4.78, 5) is 40.5. The summed E-state index contributed by atoms with van der Waals surface area (Å²) in [5, 5.41) is 2.36. The number of nitrogens with one attached hydrogen (secondary N) is 1. The van der Waals surface area contributed by atoms with E-state index in [0.29, 0.717) is 6.42 Å². The minimum absolute atomic E-state index is 0.176. The molecule has 0 saturated carbocycles. The molecule has 4 amide bonds. The third-order valence-electron chi connectivity index (χ3n) is 5.21. The fraction of sp³-hybridized carbons (Fsp3) is 0.438. The van der Waals surface area contributed by atoms with E-state index in [1.807, 2.05) is 24.3 Å². The molecule has 114 valence electrons. The molecule has 1 aromatic carbocycles. The van der Waals surface area contributed by atoms with E-state index in [2.05, 4.69) is 10.2 Å². The smallest absolute Gasteiger partial charge is 0.330 e. The van der Waals surface area contributed by atoms with Crippen molar-refractivity contribution in [2.75, 3.05) is 18.5 Å². The number of barbiturate groups is 1. The maximum atomic E-state index is 12.9. The summed E-state index contributed by atoms with van der Waals surface area (Å²) >= 11 is 0. The van der Waals surface area contributed by atoms with E-state index in [9.17, 15) is 14.4 Å². The number of nitrogens with zero attached hydrogens (tertiary/aromatic N) is 2. The standard InChI is InChI=1S/C16H17N3O3/c1-18-14(21)16(13(20)17-15(18)22)9-10-5-2-3-6-11(10)19-8-4-7-12(16)19/h2-3,5-6,12H,4,7-9H2,1H3,(H,17,20,22)/t12-,16-/m1/s1. The van der Waals surface area contributed by atoms with Gasteiger partial charge in [0, 0.05) is 19.3 Å². The Morgan fingerprint density at radius 1 is 1.23 bits per heavy atom. The van der Waals surface area contributed by atoms with Gasteiger partial charge in [-0.25, -0.2) is 4.79 Å². The number of benzene rings is 1. The van der Waals surface area contributed by atoms with Crippen LogP contribution in [0.4, 0.5) is 10.5 Å². The molecule has 3 heterocycles. The molecule has 0 unspecified atom stereocenters. The highest BCUT2D eigenvalue weighted by molar-refractivity contribution is 6.20. The first-order valence-electron chi connectivity index (χ1n) is 7.54. The lowest BCUT2D eigenvalue weighted by Crippen LogP contribution is -2.70. The summed E-state index contributed by atoms with van der Waals surface area (Å²) in [5.41, 5.74) is 0.913. The van der Waals surface area contributed by atoms with Crippen molar-refractivity contribution in [1.82, 2.24) is 10.2 Å². The number of carbonyl (C=O) groups excluding carboxylic acids is 3. The van der Waals surface area contributed by atoms with Crippen LogP contribution < -0.4 is 10.2 Å². The molecule has 1 N–H and O–H groups in total. The zero-order valence-corrected chi connectivity index (χ0v) is 12.3.